The molecule has 0 rings (SSSR count). The SMILES string of the molecule is CC(C(=O)O)C(=O)NCC(C)(O)CO. The molecule has 14 heavy (non-hydrogen) atoms. The molecule has 0 aromatic carbocycles. The number of carbonyl (C=O) groups excluding carboxylic acids is 1. The predicted octanol–water partition coefficient (Wildman–Crippen LogP) is -1.43. The summed E-state index contributed by atoms with van der Waals surface area (Å²) in [4.78, 5) is 21.4. The van der Waals surface area contributed by atoms with Crippen LogP contribution in [-0.4, -0.2) is 45.9 Å². The highest BCUT2D eigenvalue weighted by Crippen LogP contribution is 2.00. The Balaban J connectivity index is 4.03. The highest BCUT2D eigenvalue weighted by molar-refractivity contribution is 5.96. The van der Waals surface area contributed by atoms with Crippen LogP contribution in [0.25, 0.3) is 0 Å². The zero-order valence-corrected chi connectivity index (χ0v) is 8.15. The van der Waals surface area contributed by atoms with E-state index in [4.69, 9.17) is 10.2 Å². The fourth-order valence-corrected chi connectivity index (χ4v) is 0.599. The first-order valence-corrected chi connectivity index (χ1v) is 4.14. The second-order valence-corrected chi connectivity index (χ2v) is 3.43. The van der Waals surface area contributed by atoms with Gasteiger partial charge in [0.05, 0.1) is 6.61 Å². The van der Waals surface area contributed by atoms with Crippen molar-refractivity contribution in [3.8, 4) is 0 Å². The summed E-state index contributed by atoms with van der Waals surface area (Å²) in [7, 11) is 0. The summed E-state index contributed by atoms with van der Waals surface area (Å²) < 4.78 is 0. The van der Waals surface area contributed by atoms with Crippen molar-refractivity contribution < 1.29 is 24.9 Å². The van der Waals surface area contributed by atoms with Crippen LogP contribution in [-0.2, 0) is 9.59 Å². The molecule has 6 heteroatoms. The Kier molecular flexibility index (Phi) is 4.52. The van der Waals surface area contributed by atoms with Gasteiger partial charge >= 0.3 is 5.97 Å². The van der Waals surface area contributed by atoms with E-state index in [0.717, 1.165) is 0 Å². The minimum Gasteiger partial charge on any atom is -0.481 e. The lowest BCUT2D eigenvalue weighted by Gasteiger charge is -2.21. The fraction of sp³-hybridized carbons (Fsp3) is 0.750. The van der Waals surface area contributed by atoms with Crippen molar-refractivity contribution in [2.24, 2.45) is 5.92 Å². The lowest BCUT2D eigenvalue weighted by molar-refractivity contribution is -0.146. The maximum atomic E-state index is 11.1. The molecule has 0 saturated heterocycles. The molecule has 0 aliphatic rings. The van der Waals surface area contributed by atoms with Gasteiger partial charge in [-0.15, -0.1) is 0 Å². The first-order chi connectivity index (χ1) is 6.30. The third-order valence-corrected chi connectivity index (χ3v) is 1.75. The van der Waals surface area contributed by atoms with Crippen LogP contribution in [0.1, 0.15) is 13.8 Å². The molecule has 4 N–H and O–H groups in total. The third kappa shape index (κ3) is 4.20. The Labute approximate surface area is 81.5 Å². The molecule has 0 aromatic heterocycles. The summed E-state index contributed by atoms with van der Waals surface area (Å²) in [6.07, 6.45) is 0. The number of carboxylic acid groups (broad SMARTS) is 1. The van der Waals surface area contributed by atoms with Crippen LogP contribution in [0, 0.1) is 5.92 Å². The topological polar surface area (TPSA) is 107 Å². The van der Waals surface area contributed by atoms with Crippen LogP contribution in [0.2, 0.25) is 0 Å². The second kappa shape index (κ2) is 4.92. The van der Waals surface area contributed by atoms with Crippen LogP contribution < -0.4 is 5.32 Å². The van der Waals surface area contributed by atoms with Crippen LogP contribution in [0.3, 0.4) is 0 Å². The quantitative estimate of drug-likeness (QED) is 0.411. The molecule has 0 aromatic rings. The van der Waals surface area contributed by atoms with E-state index in [1.807, 2.05) is 0 Å². The molecule has 2 unspecified atom stereocenters. The Morgan fingerprint density at radius 2 is 2.00 bits per heavy atom. The Morgan fingerprint density at radius 1 is 1.50 bits per heavy atom. The number of hydrogen-bond donors (Lipinski definition) is 4. The molecule has 1 amide bonds. The summed E-state index contributed by atoms with van der Waals surface area (Å²) in [5.41, 5.74) is -1.42. The molecule has 0 spiro atoms. The largest absolute Gasteiger partial charge is 0.481 e. The van der Waals surface area contributed by atoms with Crippen molar-refractivity contribution in [3.05, 3.63) is 0 Å². The zero-order valence-electron chi connectivity index (χ0n) is 8.15. The first-order valence-electron chi connectivity index (χ1n) is 4.14. The normalized spacial score (nSPS) is 16.9. The van der Waals surface area contributed by atoms with Gasteiger partial charge in [-0.1, -0.05) is 0 Å². The summed E-state index contributed by atoms with van der Waals surface area (Å²) in [6, 6.07) is 0. The van der Waals surface area contributed by atoms with Gasteiger partial charge in [0, 0.05) is 6.54 Å². The van der Waals surface area contributed by atoms with Crippen molar-refractivity contribution >= 4 is 11.9 Å². The summed E-state index contributed by atoms with van der Waals surface area (Å²) in [6.45, 7) is 1.89. The van der Waals surface area contributed by atoms with E-state index in [2.05, 4.69) is 5.32 Å². The number of aliphatic carboxylic acids is 1. The Bertz CT molecular complexity index is 226. The van der Waals surface area contributed by atoms with Gasteiger partial charge in [0.15, 0.2) is 0 Å². The highest BCUT2D eigenvalue weighted by Gasteiger charge is 2.24. The smallest absolute Gasteiger partial charge is 0.315 e. The molecule has 0 aliphatic carbocycles. The van der Waals surface area contributed by atoms with E-state index in [1.54, 1.807) is 0 Å². The maximum absolute atomic E-state index is 11.1. The van der Waals surface area contributed by atoms with Gasteiger partial charge in [0.2, 0.25) is 5.91 Å². The highest BCUT2D eigenvalue weighted by atomic mass is 16.4. The van der Waals surface area contributed by atoms with Crippen molar-refractivity contribution in [2.75, 3.05) is 13.2 Å². The van der Waals surface area contributed by atoms with Gasteiger partial charge in [-0.2, -0.15) is 0 Å². The van der Waals surface area contributed by atoms with Crippen LogP contribution in [0.4, 0.5) is 0 Å². The molecule has 0 heterocycles. The van der Waals surface area contributed by atoms with E-state index in [0.29, 0.717) is 0 Å². The van der Waals surface area contributed by atoms with Gasteiger partial charge < -0.3 is 20.6 Å². The maximum Gasteiger partial charge on any atom is 0.315 e. The minimum absolute atomic E-state index is 0.181. The molecule has 0 bridgehead atoms. The molecule has 0 aliphatic heterocycles. The molecule has 0 saturated carbocycles. The number of aliphatic hydroxyl groups is 2. The standard InChI is InChI=1S/C8H15NO5/c1-5(7(12)13)6(11)9-3-8(2,14)4-10/h5,10,14H,3-4H2,1-2H3,(H,9,11)(H,12,13). The molecular weight excluding hydrogens is 190 g/mol. The number of carbonyl (C=O) groups is 2. The van der Waals surface area contributed by atoms with Gasteiger partial charge in [-0.3, -0.25) is 9.59 Å². The lowest BCUT2D eigenvalue weighted by Crippen LogP contribution is -2.45. The second-order valence-electron chi connectivity index (χ2n) is 3.43. The molecular formula is C8H15NO5. The molecule has 6 nitrogen and oxygen atoms in total. The van der Waals surface area contributed by atoms with E-state index in [1.165, 1.54) is 13.8 Å². The number of rotatable bonds is 5. The van der Waals surface area contributed by atoms with Gasteiger partial charge in [0.1, 0.15) is 11.5 Å². The summed E-state index contributed by atoms with van der Waals surface area (Å²) in [5, 5.41) is 28.6. The minimum atomic E-state index is -1.42. The molecule has 0 radical (unpaired) electrons. The van der Waals surface area contributed by atoms with E-state index in [9.17, 15) is 14.7 Å². The van der Waals surface area contributed by atoms with Crippen molar-refractivity contribution in [3.63, 3.8) is 0 Å². The Hall–Kier alpha value is -1.14. The summed E-state index contributed by atoms with van der Waals surface area (Å²) in [5.74, 6) is -3.08. The van der Waals surface area contributed by atoms with Gasteiger partial charge in [0.25, 0.3) is 0 Å². The zero-order chi connectivity index (χ0) is 11.4. The van der Waals surface area contributed by atoms with Crippen LogP contribution in [0.5, 0.6) is 0 Å². The van der Waals surface area contributed by atoms with Crippen molar-refractivity contribution in [2.45, 2.75) is 19.4 Å². The lowest BCUT2D eigenvalue weighted by atomic mass is 10.1. The Morgan fingerprint density at radius 3 is 2.36 bits per heavy atom. The number of amides is 1. The fourth-order valence-electron chi connectivity index (χ4n) is 0.599. The monoisotopic (exact) mass is 205 g/mol. The third-order valence-electron chi connectivity index (χ3n) is 1.75. The number of carboxylic acids is 1. The molecule has 82 valence electrons. The van der Waals surface area contributed by atoms with E-state index in [-0.39, 0.29) is 6.54 Å². The summed E-state index contributed by atoms with van der Waals surface area (Å²) >= 11 is 0. The van der Waals surface area contributed by atoms with Gasteiger partial charge in [-0.05, 0) is 13.8 Å². The van der Waals surface area contributed by atoms with Gasteiger partial charge in [-0.25, -0.2) is 0 Å². The number of nitrogens with one attached hydrogen (secondary N) is 1. The average molecular weight is 205 g/mol. The van der Waals surface area contributed by atoms with Crippen molar-refractivity contribution in [1.82, 2.24) is 5.32 Å². The van der Waals surface area contributed by atoms with E-state index >= 15 is 0 Å². The van der Waals surface area contributed by atoms with Crippen LogP contribution in [0.15, 0.2) is 0 Å². The van der Waals surface area contributed by atoms with Crippen molar-refractivity contribution in [1.29, 1.82) is 0 Å². The molecule has 0 fully saturated rings. The predicted molar refractivity (Wildman–Crippen MR) is 47.5 cm³/mol. The number of hydrogen-bond acceptors (Lipinski definition) is 4. The first kappa shape index (κ1) is 12.9. The van der Waals surface area contributed by atoms with E-state index < -0.39 is 30.0 Å². The average Bonchev–Trinajstić information content (AvgIpc) is 2.13. The van der Waals surface area contributed by atoms with Crippen LogP contribution >= 0.6 is 0 Å². The number of aliphatic hydroxyl groups excluding tert-OH is 1. The molecule has 2 atom stereocenters.